The summed E-state index contributed by atoms with van der Waals surface area (Å²) < 4.78 is 4.72. The number of nitrogen functional groups attached to an aromatic ring is 1. The van der Waals surface area contributed by atoms with Crippen LogP contribution in [0.2, 0.25) is 0 Å². The third kappa shape index (κ3) is 2.05. The molecule has 1 aliphatic rings. The van der Waals surface area contributed by atoms with Crippen molar-refractivity contribution in [1.29, 1.82) is 0 Å². The normalized spacial score (nSPS) is 19.8. The maximum Gasteiger partial charge on any atom is 0.310 e. The van der Waals surface area contributed by atoms with Crippen LogP contribution in [0, 0.1) is 5.92 Å². The Morgan fingerprint density at radius 3 is 3.00 bits per heavy atom. The van der Waals surface area contributed by atoms with Gasteiger partial charge in [0.05, 0.1) is 13.0 Å². The van der Waals surface area contributed by atoms with Crippen LogP contribution in [0.15, 0.2) is 12.1 Å². The Kier molecular flexibility index (Phi) is 2.89. The van der Waals surface area contributed by atoms with Crippen molar-refractivity contribution < 1.29 is 9.53 Å². The van der Waals surface area contributed by atoms with E-state index in [1.165, 1.54) is 7.11 Å². The van der Waals surface area contributed by atoms with Crippen LogP contribution < -0.4 is 10.6 Å². The standard InChI is InChI=1S/C10H14N4O2/c1-16-10(15)7-4-5-14(6-7)9-3-2-8(11)12-13-9/h2-3,7H,4-6H2,1H3,(H2,11,12). The van der Waals surface area contributed by atoms with Crippen LogP contribution in [-0.4, -0.2) is 36.4 Å². The van der Waals surface area contributed by atoms with Crippen molar-refractivity contribution in [1.82, 2.24) is 10.2 Å². The number of nitrogens with zero attached hydrogens (tertiary/aromatic N) is 3. The van der Waals surface area contributed by atoms with Crippen LogP contribution in [-0.2, 0) is 9.53 Å². The van der Waals surface area contributed by atoms with Crippen molar-refractivity contribution in [3.63, 3.8) is 0 Å². The maximum atomic E-state index is 11.3. The van der Waals surface area contributed by atoms with E-state index in [0.717, 1.165) is 18.8 Å². The largest absolute Gasteiger partial charge is 0.469 e. The number of methoxy groups -OCH3 is 1. The molecule has 1 aromatic heterocycles. The van der Waals surface area contributed by atoms with E-state index in [1.807, 2.05) is 11.0 Å². The highest BCUT2D eigenvalue weighted by Crippen LogP contribution is 2.22. The predicted octanol–water partition coefficient (Wildman–Crippen LogP) is 0.0581. The van der Waals surface area contributed by atoms with Gasteiger partial charge in [0, 0.05) is 13.1 Å². The minimum Gasteiger partial charge on any atom is -0.469 e. The van der Waals surface area contributed by atoms with E-state index in [1.54, 1.807) is 6.07 Å². The van der Waals surface area contributed by atoms with Gasteiger partial charge in [0.15, 0.2) is 5.82 Å². The summed E-state index contributed by atoms with van der Waals surface area (Å²) in [5.41, 5.74) is 5.46. The first kappa shape index (κ1) is 10.7. The first-order chi connectivity index (χ1) is 7.70. The second-order valence-corrected chi connectivity index (χ2v) is 3.77. The molecule has 2 rings (SSSR count). The summed E-state index contributed by atoms with van der Waals surface area (Å²) in [6.07, 6.45) is 0.790. The van der Waals surface area contributed by atoms with E-state index in [4.69, 9.17) is 10.5 Å². The lowest BCUT2D eigenvalue weighted by atomic mass is 10.1. The van der Waals surface area contributed by atoms with Gasteiger partial charge < -0.3 is 15.4 Å². The van der Waals surface area contributed by atoms with Gasteiger partial charge in [0.1, 0.15) is 5.82 Å². The monoisotopic (exact) mass is 222 g/mol. The highest BCUT2D eigenvalue weighted by molar-refractivity contribution is 5.74. The lowest BCUT2D eigenvalue weighted by Gasteiger charge is -2.15. The molecule has 1 fully saturated rings. The van der Waals surface area contributed by atoms with E-state index in [0.29, 0.717) is 12.4 Å². The molecule has 1 saturated heterocycles. The molecule has 0 aliphatic carbocycles. The van der Waals surface area contributed by atoms with Gasteiger partial charge in [-0.05, 0) is 18.6 Å². The second kappa shape index (κ2) is 4.34. The van der Waals surface area contributed by atoms with Crippen molar-refractivity contribution in [2.45, 2.75) is 6.42 Å². The van der Waals surface area contributed by atoms with E-state index >= 15 is 0 Å². The zero-order valence-electron chi connectivity index (χ0n) is 9.09. The van der Waals surface area contributed by atoms with Gasteiger partial charge in [0.2, 0.25) is 0 Å². The predicted molar refractivity (Wildman–Crippen MR) is 58.8 cm³/mol. The Balaban J connectivity index is 2.03. The summed E-state index contributed by atoms with van der Waals surface area (Å²) >= 11 is 0. The number of anilines is 2. The van der Waals surface area contributed by atoms with Crippen molar-refractivity contribution in [3.8, 4) is 0 Å². The molecule has 86 valence electrons. The van der Waals surface area contributed by atoms with Crippen LogP contribution in [0.1, 0.15) is 6.42 Å². The van der Waals surface area contributed by atoms with Crippen LogP contribution in [0.5, 0.6) is 0 Å². The molecular formula is C10H14N4O2. The van der Waals surface area contributed by atoms with Crippen molar-refractivity contribution >= 4 is 17.6 Å². The first-order valence-electron chi connectivity index (χ1n) is 5.12. The second-order valence-electron chi connectivity index (χ2n) is 3.77. The molecule has 0 bridgehead atoms. The van der Waals surface area contributed by atoms with E-state index in [2.05, 4.69) is 10.2 Å². The Bertz CT molecular complexity index is 379. The number of rotatable bonds is 2. The number of carbonyl (C=O) groups is 1. The van der Waals surface area contributed by atoms with Gasteiger partial charge >= 0.3 is 5.97 Å². The maximum absolute atomic E-state index is 11.3. The summed E-state index contributed by atoms with van der Waals surface area (Å²) in [5.74, 6) is 0.920. The highest BCUT2D eigenvalue weighted by Gasteiger charge is 2.29. The molecule has 2 heterocycles. The number of hydrogen-bond donors (Lipinski definition) is 1. The highest BCUT2D eigenvalue weighted by atomic mass is 16.5. The molecule has 0 spiro atoms. The SMILES string of the molecule is COC(=O)C1CCN(c2ccc(N)nn2)C1. The molecule has 1 aromatic rings. The van der Waals surface area contributed by atoms with Gasteiger partial charge in [-0.1, -0.05) is 0 Å². The lowest BCUT2D eigenvalue weighted by Crippen LogP contribution is -2.24. The van der Waals surface area contributed by atoms with Crippen molar-refractivity contribution in [2.24, 2.45) is 5.92 Å². The summed E-state index contributed by atoms with van der Waals surface area (Å²) in [4.78, 5) is 13.3. The zero-order chi connectivity index (χ0) is 11.5. The Hall–Kier alpha value is -1.85. The molecule has 1 aliphatic heterocycles. The zero-order valence-corrected chi connectivity index (χ0v) is 9.09. The molecule has 16 heavy (non-hydrogen) atoms. The summed E-state index contributed by atoms with van der Waals surface area (Å²) in [5, 5.41) is 7.76. The molecule has 1 atom stereocenters. The van der Waals surface area contributed by atoms with E-state index in [9.17, 15) is 4.79 Å². The summed E-state index contributed by atoms with van der Waals surface area (Å²) in [6, 6.07) is 3.51. The molecule has 0 saturated carbocycles. The third-order valence-electron chi connectivity index (χ3n) is 2.72. The summed E-state index contributed by atoms with van der Waals surface area (Å²) in [7, 11) is 1.41. The fourth-order valence-electron chi connectivity index (χ4n) is 1.83. The number of ether oxygens (including phenoxy) is 1. The summed E-state index contributed by atoms with van der Waals surface area (Å²) in [6.45, 7) is 1.42. The van der Waals surface area contributed by atoms with Gasteiger partial charge in [-0.15, -0.1) is 10.2 Å². The fraction of sp³-hybridized carbons (Fsp3) is 0.500. The fourth-order valence-corrected chi connectivity index (χ4v) is 1.83. The number of aromatic nitrogens is 2. The molecule has 6 heteroatoms. The molecule has 0 radical (unpaired) electrons. The van der Waals surface area contributed by atoms with Crippen molar-refractivity contribution in [3.05, 3.63) is 12.1 Å². The molecule has 0 amide bonds. The number of esters is 1. The van der Waals surface area contributed by atoms with Crippen LogP contribution in [0.25, 0.3) is 0 Å². The average molecular weight is 222 g/mol. The minimum atomic E-state index is -0.161. The minimum absolute atomic E-state index is 0.0654. The van der Waals surface area contributed by atoms with Crippen LogP contribution in [0.4, 0.5) is 11.6 Å². The Labute approximate surface area is 93.4 Å². The Morgan fingerprint density at radius 2 is 2.38 bits per heavy atom. The smallest absolute Gasteiger partial charge is 0.310 e. The number of hydrogen-bond acceptors (Lipinski definition) is 6. The van der Waals surface area contributed by atoms with Crippen LogP contribution >= 0.6 is 0 Å². The van der Waals surface area contributed by atoms with E-state index < -0.39 is 0 Å². The van der Waals surface area contributed by atoms with Crippen molar-refractivity contribution in [2.75, 3.05) is 30.8 Å². The molecular weight excluding hydrogens is 208 g/mol. The van der Waals surface area contributed by atoms with Gasteiger partial charge in [0.25, 0.3) is 0 Å². The lowest BCUT2D eigenvalue weighted by molar-refractivity contribution is -0.144. The topological polar surface area (TPSA) is 81.3 Å². The molecule has 6 nitrogen and oxygen atoms in total. The average Bonchev–Trinajstić information content (AvgIpc) is 2.78. The first-order valence-corrected chi connectivity index (χ1v) is 5.12. The molecule has 0 aromatic carbocycles. The van der Waals surface area contributed by atoms with Gasteiger partial charge in [-0.3, -0.25) is 4.79 Å². The van der Waals surface area contributed by atoms with Crippen LogP contribution in [0.3, 0.4) is 0 Å². The quantitative estimate of drug-likeness (QED) is 0.712. The number of carbonyl (C=O) groups excluding carboxylic acids is 1. The Morgan fingerprint density at radius 1 is 1.56 bits per heavy atom. The van der Waals surface area contributed by atoms with Gasteiger partial charge in [-0.25, -0.2) is 0 Å². The molecule has 1 unspecified atom stereocenters. The van der Waals surface area contributed by atoms with Gasteiger partial charge in [-0.2, -0.15) is 0 Å². The molecule has 2 N–H and O–H groups in total. The number of nitrogens with two attached hydrogens (primary N) is 1. The van der Waals surface area contributed by atoms with E-state index in [-0.39, 0.29) is 11.9 Å². The third-order valence-corrected chi connectivity index (χ3v) is 2.72.